The van der Waals surface area contributed by atoms with Crippen molar-refractivity contribution >= 4 is 39.7 Å². The topological polar surface area (TPSA) is 0 Å². The second-order valence-electron chi connectivity index (χ2n) is 11.5. The first-order chi connectivity index (χ1) is 20.5. The van der Waals surface area contributed by atoms with Gasteiger partial charge in [0.25, 0.3) is 0 Å². The van der Waals surface area contributed by atoms with Crippen LogP contribution >= 0.6 is 17.2 Å². The van der Waals surface area contributed by atoms with Crippen molar-refractivity contribution in [2.45, 2.75) is 12.8 Å². The molecule has 0 unspecified atom stereocenters. The minimum atomic E-state index is -5.48. The molecule has 2 aliphatic carbocycles. The van der Waals surface area contributed by atoms with Gasteiger partial charge in [0, 0.05) is 0 Å². The van der Waals surface area contributed by atoms with E-state index >= 15 is 0 Å². The van der Waals surface area contributed by atoms with Crippen LogP contribution in [0.4, 0.5) is 0 Å². The molecule has 0 spiro atoms. The Morgan fingerprint density at radius 1 is 0.405 bits per heavy atom. The second kappa shape index (κ2) is 10.0. The zero-order valence-electron chi connectivity index (χ0n) is 23.0. The van der Waals surface area contributed by atoms with Crippen molar-refractivity contribution in [2.75, 3.05) is 0 Å². The van der Waals surface area contributed by atoms with Crippen molar-refractivity contribution in [1.82, 2.24) is 0 Å². The van der Waals surface area contributed by atoms with Crippen molar-refractivity contribution in [2.24, 2.45) is 0 Å². The van der Waals surface area contributed by atoms with Crippen molar-refractivity contribution in [3.63, 3.8) is 0 Å². The molecule has 6 aromatic carbocycles. The quantitative estimate of drug-likeness (QED) is 0.162. The number of halogens is 2. The van der Waals surface area contributed by atoms with E-state index in [-0.39, 0.29) is 0 Å². The van der Waals surface area contributed by atoms with E-state index in [0.717, 1.165) is 12.8 Å². The molecule has 6 aromatic rings. The van der Waals surface area contributed by atoms with Crippen molar-refractivity contribution in [3.8, 4) is 22.3 Å². The van der Waals surface area contributed by atoms with E-state index in [4.69, 9.17) is 17.2 Å². The van der Waals surface area contributed by atoms with Gasteiger partial charge in [-0.05, 0) is 0 Å². The SMILES string of the molecule is [Cl][Hf]([Cl])([c]1cccc2c1Cc1ccccc1-2)([c]1cccc2c1Cc1ccccc1-2)=[Si](c1ccccc1)c1ccccc1. The molecule has 0 N–H and O–H groups in total. The molecule has 42 heavy (non-hydrogen) atoms. The van der Waals surface area contributed by atoms with Gasteiger partial charge in [-0.2, -0.15) is 0 Å². The molecule has 0 atom stereocenters. The van der Waals surface area contributed by atoms with E-state index in [2.05, 4.69) is 146 Å². The average Bonchev–Trinajstić information content (AvgIpc) is 3.60. The van der Waals surface area contributed by atoms with Crippen LogP contribution in [0, 0.1) is 0 Å². The molecular formula is C38H28Cl2HfSi. The average molecular weight is 762 g/mol. The summed E-state index contributed by atoms with van der Waals surface area (Å²) in [5.74, 6) is 0. The second-order valence-corrected chi connectivity index (χ2v) is 57.2. The number of hydrogen-bond acceptors (Lipinski definition) is 0. The predicted octanol–water partition coefficient (Wildman–Crippen LogP) is 7.58. The van der Waals surface area contributed by atoms with E-state index in [1.165, 1.54) is 61.5 Å². The Morgan fingerprint density at radius 3 is 1.24 bits per heavy atom. The molecular weight excluding hydrogens is 734 g/mol. The van der Waals surface area contributed by atoms with E-state index < -0.39 is 20.3 Å². The maximum atomic E-state index is 8.76. The molecule has 8 rings (SSSR count). The molecule has 0 fully saturated rings. The summed E-state index contributed by atoms with van der Waals surface area (Å²) in [6, 6.07) is 52.9. The van der Waals surface area contributed by atoms with Gasteiger partial charge in [-0.1, -0.05) is 0 Å². The van der Waals surface area contributed by atoms with Crippen LogP contribution in [-0.4, -0.2) is 5.49 Å². The van der Waals surface area contributed by atoms with Gasteiger partial charge in [-0.3, -0.25) is 0 Å². The van der Waals surface area contributed by atoms with Gasteiger partial charge in [0.1, 0.15) is 0 Å². The fourth-order valence-electron chi connectivity index (χ4n) is 7.43. The third-order valence-corrected chi connectivity index (χ3v) is 58.1. The first-order valence-corrected chi connectivity index (χ1v) is 33.9. The van der Waals surface area contributed by atoms with Gasteiger partial charge >= 0.3 is 257 Å². The van der Waals surface area contributed by atoms with E-state index in [9.17, 15) is 0 Å². The van der Waals surface area contributed by atoms with Gasteiger partial charge in [0.15, 0.2) is 0 Å². The van der Waals surface area contributed by atoms with Crippen molar-refractivity contribution in [3.05, 3.63) is 168 Å². The van der Waals surface area contributed by atoms with E-state index in [0.29, 0.717) is 0 Å². The maximum absolute atomic E-state index is 8.76. The van der Waals surface area contributed by atoms with Crippen molar-refractivity contribution < 1.29 is 14.8 Å². The molecule has 4 heteroatoms. The summed E-state index contributed by atoms with van der Waals surface area (Å²) in [6.45, 7) is 0. The summed E-state index contributed by atoms with van der Waals surface area (Å²) in [6.07, 6.45) is 1.72. The normalized spacial score (nSPS) is 13.2. The van der Waals surface area contributed by atoms with E-state index in [1.807, 2.05) is 0 Å². The molecule has 0 saturated heterocycles. The molecule has 0 nitrogen and oxygen atoms in total. The van der Waals surface area contributed by atoms with Crippen LogP contribution in [-0.2, 0) is 27.6 Å². The Hall–Kier alpha value is -3.01. The Balaban J connectivity index is 1.58. The Bertz CT molecular complexity index is 1950. The molecule has 202 valence electrons. The van der Waals surface area contributed by atoms with Gasteiger partial charge in [-0.25, -0.2) is 0 Å². The first kappa shape index (κ1) is 26.6. The van der Waals surface area contributed by atoms with Crippen molar-refractivity contribution in [1.29, 1.82) is 0 Å². The zero-order chi connectivity index (χ0) is 28.3. The number of fused-ring (bicyclic) bond motifs is 6. The monoisotopic (exact) mass is 762 g/mol. The summed E-state index contributed by atoms with van der Waals surface area (Å²) in [5, 5.41) is 2.55. The number of benzene rings is 6. The fraction of sp³-hybridized carbons (Fsp3) is 0.0526. The minimum absolute atomic E-state index is 0.862. The molecule has 0 aromatic heterocycles. The van der Waals surface area contributed by atoms with Crippen LogP contribution in [0.25, 0.3) is 22.3 Å². The summed E-state index contributed by atoms with van der Waals surface area (Å²) in [5.41, 5.74) is 8.82. The van der Waals surface area contributed by atoms with Crippen LogP contribution in [0.15, 0.2) is 146 Å². The molecule has 0 aliphatic heterocycles. The molecule has 2 aliphatic rings. The molecule has 0 amide bonds. The molecule has 0 saturated carbocycles. The zero-order valence-corrected chi connectivity index (χ0v) is 29.1. The van der Waals surface area contributed by atoms with Gasteiger partial charge < -0.3 is 0 Å². The molecule has 0 bridgehead atoms. The number of rotatable bonds is 4. The summed E-state index contributed by atoms with van der Waals surface area (Å²) >= 11 is -5.48. The standard InChI is InChI=1S/2C13H9.C12H10Si.2ClH.Hf/c2*1-3-7-12-10(5-1)9-11-6-2-4-8-13(11)12;1-3-7-11(8-4-1)13-12-9-5-2-6-10-12;;;/h2*1-5,7-8H,9H2;1-10H;2*1H;/q;;;;;+2/p-2. The first-order valence-electron chi connectivity index (χ1n) is 14.5. The third-order valence-electron chi connectivity index (χ3n) is 9.21. The summed E-state index contributed by atoms with van der Waals surface area (Å²) < 4.78 is 2.44. The summed E-state index contributed by atoms with van der Waals surface area (Å²) in [7, 11) is 17.5. The molecule has 0 radical (unpaired) electrons. The fourth-order valence-corrected chi connectivity index (χ4v) is 60.3. The third kappa shape index (κ3) is 3.89. The molecule has 0 heterocycles. The van der Waals surface area contributed by atoms with Gasteiger partial charge in [0.2, 0.25) is 0 Å². The van der Waals surface area contributed by atoms with Gasteiger partial charge in [0.05, 0.1) is 0 Å². The number of hydrogen-bond donors (Lipinski definition) is 0. The van der Waals surface area contributed by atoms with Crippen LogP contribution in [0.5, 0.6) is 0 Å². The van der Waals surface area contributed by atoms with Gasteiger partial charge in [-0.15, -0.1) is 0 Å². The van der Waals surface area contributed by atoms with E-state index in [1.54, 1.807) is 0 Å². The van der Waals surface area contributed by atoms with Crippen LogP contribution in [0.2, 0.25) is 0 Å². The Kier molecular flexibility index (Phi) is 6.35. The van der Waals surface area contributed by atoms with Crippen LogP contribution in [0.3, 0.4) is 0 Å². The van der Waals surface area contributed by atoms with Crippen LogP contribution in [0.1, 0.15) is 22.3 Å². The predicted molar refractivity (Wildman–Crippen MR) is 178 cm³/mol. The Morgan fingerprint density at radius 2 is 0.786 bits per heavy atom. The summed E-state index contributed by atoms with van der Waals surface area (Å²) in [4.78, 5) is 0. The Labute approximate surface area is 255 Å². The van der Waals surface area contributed by atoms with Crippen LogP contribution < -0.4 is 17.0 Å².